The molecular weight excluding hydrogens is 423 g/mol. The third-order valence-electron chi connectivity index (χ3n) is 6.06. The summed E-state index contributed by atoms with van der Waals surface area (Å²) in [6, 6.07) is 11.2. The van der Waals surface area contributed by atoms with Gasteiger partial charge in [0.1, 0.15) is 11.2 Å². The second-order valence-electron chi connectivity index (χ2n) is 8.20. The topological polar surface area (TPSA) is 76.5 Å². The fourth-order valence-electron chi connectivity index (χ4n) is 4.52. The molecule has 2 aliphatic rings. The SMILES string of the molecule is CCOC(=O)c1cn(CC#Cc2ccccc2)c2nc(N3CC4CC3CN4)c(F)cc2c1=O. The molecule has 2 aliphatic heterocycles. The van der Waals surface area contributed by atoms with Gasteiger partial charge in [-0.25, -0.2) is 14.2 Å². The Bertz CT molecular complexity index is 1340. The number of nitrogens with one attached hydrogen (secondary N) is 1. The monoisotopic (exact) mass is 446 g/mol. The van der Waals surface area contributed by atoms with Crippen LogP contribution in [0.25, 0.3) is 11.0 Å². The normalized spacial score (nSPS) is 18.9. The molecule has 2 atom stereocenters. The Labute approximate surface area is 190 Å². The average Bonchev–Trinajstić information content (AvgIpc) is 3.45. The molecule has 1 N–H and O–H groups in total. The molecule has 2 unspecified atom stereocenters. The number of carbonyl (C=O) groups excluding carboxylic acids is 1. The van der Waals surface area contributed by atoms with Crippen molar-refractivity contribution in [2.75, 3.05) is 24.6 Å². The molecule has 0 amide bonds. The lowest BCUT2D eigenvalue weighted by Crippen LogP contribution is -2.44. The molecule has 0 spiro atoms. The lowest BCUT2D eigenvalue weighted by Gasteiger charge is -2.29. The summed E-state index contributed by atoms with van der Waals surface area (Å²) in [5.41, 5.74) is 0.374. The van der Waals surface area contributed by atoms with E-state index in [1.165, 1.54) is 12.3 Å². The van der Waals surface area contributed by atoms with Crippen molar-refractivity contribution in [1.29, 1.82) is 0 Å². The van der Waals surface area contributed by atoms with Crippen molar-refractivity contribution in [1.82, 2.24) is 14.9 Å². The first-order chi connectivity index (χ1) is 16.0. The third-order valence-corrected chi connectivity index (χ3v) is 6.06. The molecule has 168 valence electrons. The number of piperazine rings is 1. The summed E-state index contributed by atoms with van der Waals surface area (Å²) in [6.07, 6.45) is 2.35. The smallest absolute Gasteiger partial charge is 0.343 e. The van der Waals surface area contributed by atoms with Gasteiger partial charge in [0.2, 0.25) is 5.43 Å². The summed E-state index contributed by atoms with van der Waals surface area (Å²) in [6.45, 7) is 3.40. The summed E-state index contributed by atoms with van der Waals surface area (Å²) >= 11 is 0. The highest BCUT2D eigenvalue weighted by molar-refractivity contribution is 5.93. The maximum absolute atomic E-state index is 15.1. The standard InChI is InChI=1S/C25H23FN4O3/c1-2-33-25(32)20-15-29(10-6-9-16-7-4-3-5-8-16)23-19(22(20)31)12-21(26)24(28-23)30-14-17-11-18(30)13-27-17/h3-5,7-8,12,15,17-18,27H,2,10-11,13-14H2,1H3. The van der Waals surface area contributed by atoms with Crippen molar-refractivity contribution in [3.05, 3.63) is 69.8 Å². The Morgan fingerprint density at radius 3 is 2.85 bits per heavy atom. The molecule has 3 aromatic rings. The molecule has 1 aromatic carbocycles. The number of anilines is 1. The number of carbonyl (C=O) groups is 1. The van der Waals surface area contributed by atoms with Crippen molar-refractivity contribution in [3.8, 4) is 11.8 Å². The first-order valence-electron chi connectivity index (χ1n) is 11.0. The van der Waals surface area contributed by atoms with Crippen molar-refractivity contribution >= 4 is 22.8 Å². The molecular formula is C25H23FN4O3. The highest BCUT2D eigenvalue weighted by Gasteiger charge is 2.39. The first-order valence-corrected chi connectivity index (χ1v) is 11.0. The summed E-state index contributed by atoms with van der Waals surface area (Å²) in [5, 5.41) is 3.42. The van der Waals surface area contributed by atoms with Gasteiger partial charge in [-0.2, -0.15) is 0 Å². The van der Waals surface area contributed by atoms with Crippen LogP contribution in [0.5, 0.6) is 0 Å². The van der Waals surface area contributed by atoms with E-state index in [0.717, 1.165) is 18.5 Å². The second-order valence-corrected chi connectivity index (χ2v) is 8.20. The van der Waals surface area contributed by atoms with Crippen molar-refractivity contribution in [3.63, 3.8) is 0 Å². The summed E-state index contributed by atoms with van der Waals surface area (Å²) in [5.74, 6) is 5.03. The summed E-state index contributed by atoms with van der Waals surface area (Å²) in [7, 11) is 0. The minimum Gasteiger partial charge on any atom is -0.462 e. The number of esters is 1. The van der Waals surface area contributed by atoms with Crippen LogP contribution in [0.4, 0.5) is 10.2 Å². The molecule has 4 heterocycles. The van der Waals surface area contributed by atoms with Crippen LogP contribution < -0.4 is 15.6 Å². The van der Waals surface area contributed by atoms with E-state index < -0.39 is 17.2 Å². The molecule has 0 radical (unpaired) electrons. The highest BCUT2D eigenvalue weighted by atomic mass is 19.1. The minimum atomic E-state index is -0.749. The summed E-state index contributed by atoms with van der Waals surface area (Å²) < 4.78 is 21.8. The Morgan fingerprint density at radius 2 is 2.15 bits per heavy atom. The van der Waals surface area contributed by atoms with Gasteiger partial charge in [0.05, 0.1) is 18.5 Å². The van der Waals surface area contributed by atoms with E-state index in [0.29, 0.717) is 18.2 Å². The van der Waals surface area contributed by atoms with E-state index in [2.05, 4.69) is 22.1 Å². The average molecular weight is 446 g/mol. The molecule has 5 rings (SSSR count). The van der Waals surface area contributed by atoms with Crippen LogP contribution in [0.2, 0.25) is 0 Å². The number of hydrogen-bond donors (Lipinski definition) is 1. The van der Waals surface area contributed by atoms with Gasteiger partial charge in [-0.1, -0.05) is 30.0 Å². The van der Waals surface area contributed by atoms with Gasteiger partial charge in [0.15, 0.2) is 11.6 Å². The molecule has 2 saturated heterocycles. The number of ether oxygens (including phenoxy) is 1. The van der Waals surface area contributed by atoms with Crippen LogP contribution in [-0.2, 0) is 11.3 Å². The lowest BCUT2D eigenvalue weighted by molar-refractivity contribution is 0.0524. The van der Waals surface area contributed by atoms with E-state index in [9.17, 15) is 9.59 Å². The molecule has 33 heavy (non-hydrogen) atoms. The van der Waals surface area contributed by atoms with Gasteiger partial charge in [0, 0.05) is 36.9 Å². The Hall–Kier alpha value is -3.70. The number of hydrogen-bond acceptors (Lipinski definition) is 6. The quantitative estimate of drug-likeness (QED) is 0.490. The molecule has 2 bridgehead atoms. The number of nitrogens with zero attached hydrogens (tertiary/aromatic N) is 3. The van der Waals surface area contributed by atoms with Crippen LogP contribution in [0.1, 0.15) is 29.3 Å². The Balaban J connectivity index is 1.62. The predicted octanol–water partition coefficient (Wildman–Crippen LogP) is 2.31. The fraction of sp³-hybridized carbons (Fsp3) is 0.320. The third kappa shape index (κ3) is 3.96. The molecule has 8 heteroatoms. The van der Waals surface area contributed by atoms with E-state index >= 15 is 4.39 Å². The first kappa shape index (κ1) is 21.2. The predicted molar refractivity (Wildman–Crippen MR) is 123 cm³/mol. The van der Waals surface area contributed by atoms with Crippen molar-refractivity contribution in [2.24, 2.45) is 0 Å². The van der Waals surface area contributed by atoms with Crippen LogP contribution in [-0.4, -0.2) is 47.3 Å². The largest absolute Gasteiger partial charge is 0.462 e. The lowest BCUT2D eigenvalue weighted by atomic mass is 10.1. The number of halogens is 1. The van der Waals surface area contributed by atoms with Crippen molar-refractivity contribution in [2.45, 2.75) is 32.0 Å². The maximum Gasteiger partial charge on any atom is 0.343 e. The molecule has 7 nitrogen and oxygen atoms in total. The highest BCUT2D eigenvalue weighted by Crippen LogP contribution is 2.31. The van der Waals surface area contributed by atoms with E-state index in [1.807, 2.05) is 35.2 Å². The van der Waals surface area contributed by atoms with Gasteiger partial charge < -0.3 is 19.5 Å². The van der Waals surface area contributed by atoms with Crippen LogP contribution in [0.15, 0.2) is 47.4 Å². The molecule has 0 aliphatic carbocycles. The number of benzene rings is 1. The molecule has 2 aromatic heterocycles. The zero-order valence-electron chi connectivity index (χ0n) is 18.2. The van der Waals surface area contributed by atoms with Gasteiger partial charge in [-0.3, -0.25) is 4.79 Å². The molecule has 0 saturated carbocycles. The summed E-state index contributed by atoms with van der Waals surface area (Å²) in [4.78, 5) is 32.0. The van der Waals surface area contributed by atoms with Gasteiger partial charge >= 0.3 is 5.97 Å². The van der Waals surface area contributed by atoms with Crippen LogP contribution in [0.3, 0.4) is 0 Å². The van der Waals surface area contributed by atoms with Gasteiger partial charge in [-0.05, 0) is 31.5 Å². The number of aromatic nitrogens is 2. The van der Waals surface area contributed by atoms with E-state index in [1.54, 1.807) is 11.5 Å². The van der Waals surface area contributed by atoms with Crippen molar-refractivity contribution < 1.29 is 13.9 Å². The van der Waals surface area contributed by atoms with E-state index in [4.69, 9.17) is 4.74 Å². The van der Waals surface area contributed by atoms with Crippen LogP contribution >= 0.6 is 0 Å². The van der Waals surface area contributed by atoms with E-state index in [-0.39, 0.29) is 36.0 Å². The van der Waals surface area contributed by atoms with Crippen LogP contribution in [0, 0.1) is 17.7 Å². The Morgan fingerprint density at radius 1 is 1.33 bits per heavy atom. The minimum absolute atomic E-state index is 0.0331. The second kappa shape index (κ2) is 8.68. The van der Waals surface area contributed by atoms with Gasteiger partial charge in [-0.15, -0.1) is 0 Å². The number of pyridine rings is 2. The number of rotatable bonds is 4. The molecule has 2 fully saturated rings. The van der Waals surface area contributed by atoms with Gasteiger partial charge in [0.25, 0.3) is 0 Å². The zero-order chi connectivity index (χ0) is 22.9. The fourth-order valence-corrected chi connectivity index (χ4v) is 4.52. The number of fused-ring (bicyclic) bond motifs is 3. The Kier molecular flexibility index (Phi) is 5.56. The maximum atomic E-state index is 15.1. The zero-order valence-corrected chi connectivity index (χ0v) is 18.2.